The molecule has 0 unspecified atom stereocenters. The molecule has 9 heteroatoms. The van der Waals surface area contributed by atoms with Crippen LogP contribution in [0.4, 0.5) is 0 Å². The molecule has 0 saturated carbocycles. The summed E-state index contributed by atoms with van der Waals surface area (Å²) in [5.74, 6) is 0. The van der Waals surface area contributed by atoms with Crippen LogP contribution in [-0.4, -0.2) is 64.1 Å². The van der Waals surface area contributed by atoms with Crippen molar-refractivity contribution < 1.29 is 0 Å². The summed E-state index contributed by atoms with van der Waals surface area (Å²) in [4.78, 5) is 0. The molecule has 2 heterocycles. The molecule has 0 amide bonds. The third-order valence-electron chi connectivity index (χ3n) is 14.3. The van der Waals surface area contributed by atoms with Crippen molar-refractivity contribution in [2.24, 2.45) is 0 Å². The lowest BCUT2D eigenvalue weighted by Crippen LogP contribution is -2.48. The summed E-state index contributed by atoms with van der Waals surface area (Å²) < 4.78 is 5.04. The molecule has 0 spiro atoms. The largest absolute Gasteiger partial charge is 0.310 e. The number of hydrogen-bond donors (Lipinski definition) is 0. The Balaban J connectivity index is 1.15. The van der Waals surface area contributed by atoms with Gasteiger partial charge in [0.05, 0.1) is 11.0 Å². The Bertz CT molecular complexity index is 3600. The highest BCUT2D eigenvalue weighted by molar-refractivity contribution is 6.69. The Morgan fingerprint density at radius 2 is 0.762 bits per heavy atom. The van der Waals surface area contributed by atoms with Crippen molar-refractivity contribution in [2.45, 2.75) is 0 Å². The zero-order valence-corrected chi connectivity index (χ0v) is 37.1. The summed E-state index contributed by atoms with van der Waals surface area (Å²) in [7, 11) is 16.3. The average molecular weight is 796 g/mol. The lowest BCUT2D eigenvalue weighted by atomic mass is 9.64. The highest BCUT2D eigenvalue weighted by Gasteiger charge is 2.25. The summed E-state index contributed by atoms with van der Waals surface area (Å²) in [5, 5.41) is 5.22. The van der Waals surface area contributed by atoms with Crippen LogP contribution in [0.3, 0.4) is 0 Å². The molecule has 0 radical (unpaired) electrons. The maximum absolute atomic E-state index is 2.57. The van der Waals surface area contributed by atoms with Crippen LogP contribution >= 0.6 is 0 Å². The molecule has 11 aromatic rings. The molecule has 63 heavy (non-hydrogen) atoms. The van der Waals surface area contributed by atoms with Crippen molar-refractivity contribution in [3.8, 4) is 55.9 Å². The second kappa shape index (κ2) is 15.1. The van der Waals surface area contributed by atoms with Crippen LogP contribution in [0.2, 0.25) is 0 Å². The number of para-hydroxylation sites is 2. The van der Waals surface area contributed by atoms with Crippen molar-refractivity contribution in [2.75, 3.05) is 0 Å². The summed E-state index contributed by atoms with van der Waals surface area (Å²) in [5.41, 5.74) is 26.7. The van der Waals surface area contributed by atoms with E-state index in [9.17, 15) is 0 Å². The van der Waals surface area contributed by atoms with Crippen LogP contribution in [0.1, 0.15) is 0 Å². The van der Waals surface area contributed by atoms with Crippen LogP contribution in [0.15, 0.2) is 176 Å². The molecule has 0 aliphatic heterocycles. The number of hydrogen-bond acceptors (Lipinski definition) is 0. The van der Waals surface area contributed by atoms with Gasteiger partial charge in [0.15, 0.2) is 0 Å². The van der Waals surface area contributed by atoms with Crippen molar-refractivity contribution >= 4 is 137 Å². The van der Waals surface area contributed by atoms with Gasteiger partial charge < -0.3 is 9.13 Å². The van der Waals surface area contributed by atoms with Gasteiger partial charge in [-0.1, -0.05) is 172 Å². The van der Waals surface area contributed by atoms with Gasteiger partial charge in [-0.15, -0.1) is 5.46 Å². The van der Waals surface area contributed by atoms with Crippen molar-refractivity contribution in [1.29, 1.82) is 0 Å². The Hall–Kier alpha value is -6.97. The molecule has 9 aromatic carbocycles. The minimum absolute atomic E-state index is 1.16. The Labute approximate surface area is 375 Å². The predicted octanol–water partition coefficient (Wildman–Crippen LogP) is 2.36. The predicted molar refractivity (Wildman–Crippen MR) is 294 cm³/mol. The zero-order chi connectivity index (χ0) is 43.1. The van der Waals surface area contributed by atoms with E-state index in [2.05, 4.69) is 240 Å². The quantitative estimate of drug-likeness (QED) is 0.229. The van der Waals surface area contributed by atoms with Gasteiger partial charge in [-0.2, -0.15) is 0 Å². The summed E-state index contributed by atoms with van der Waals surface area (Å²) in [6.45, 7) is 0. The van der Waals surface area contributed by atoms with E-state index in [0.717, 1.165) is 5.69 Å². The van der Waals surface area contributed by atoms with E-state index in [1.54, 1.807) is 0 Å². The minimum atomic E-state index is 1.16. The molecular weight excluding hydrogens is 752 g/mol. The monoisotopic (exact) mass is 796 g/mol. The number of fused-ring (bicyclic) bond motifs is 6. The molecule has 0 N–H and O–H groups in total. The fraction of sp³-hybridized carbons (Fsp3) is 0. The van der Waals surface area contributed by atoms with Gasteiger partial charge in [-0.25, -0.2) is 0 Å². The van der Waals surface area contributed by atoms with Crippen LogP contribution in [0, 0.1) is 0 Å². The molecule has 0 atom stereocenters. The maximum Gasteiger partial charge on any atom is 0.141 e. The molecule has 290 valence electrons. The summed E-state index contributed by atoms with van der Waals surface area (Å²) >= 11 is 0. The third kappa shape index (κ3) is 6.04. The molecule has 11 rings (SSSR count). The number of rotatable bonds is 6. The first-order valence-corrected chi connectivity index (χ1v) is 22.2. The maximum atomic E-state index is 2.57. The molecular formula is C54H43B7N2. The average Bonchev–Trinajstić information content (AvgIpc) is 3.87. The van der Waals surface area contributed by atoms with Crippen molar-refractivity contribution in [3.05, 3.63) is 176 Å². The van der Waals surface area contributed by atoms with E-state index >= 15 is 0 Å². The summed E-state index contributed by atoms with van der Waals surface area (Å²) in [6, 6.07) is 64.4. The first-order valence-electron chi connectivity index (χ1n) is 22.2. The second-order valence-electron chi connectivity index (χ2n) is 17.5. The number of nitrogens with zero attached hydrogens (tertiary/aromatic N) is 2. The van der Waals surface area contributed by atoms with Crippen LogP contribution in [0.25, 0.3) is 99.5 Å². The molecule has 2 nitrogen and oxygen atoms in total. The van der Waals surface area contributed by atoms with Crippen molar-refractivity contribution in [1.82, 2.24) is 9.13 Å². The first-order chi connectivity index (χ1) is 30.7. The first kappa shape index (κ1) is 38.9. The van der Waals surface area contributed by atoms with E-state index in [1.807, 2.05) is 0 Å². The highest BCUT2D eigenvalue weighted by Crippen LogP contribution is 2.40. The van der Waals surface area contributed by atoms with Gasteiger partial charge in [0.2, 0.25) is 0 Å². The van der Waals surface area contributed by atoms with E-state index in [0.29, 0.717) is 0 Å². The number of benzene rings is 9. The van der Waals surface area contributed by atoms with Gasteiger partial charge in [0, 0.05) is 44.1 Å². The summed E-state index contributed by atoms with van der Waals surface area (Å²) in [6.07, 6.45) is 0. The van der Waals surface area contributed by atoms with E-state index < -0.39 is 0 Å². The topological polar surface area (TPSA) is 9.86 Å². The SMILES string of the molecule is Bc1c(B)c(B)c2c(c1B)c1c(B)c(-c3ccc4c(c3)c3cccc(-c5ccc(-c6ccccc6)cc5)c3n4-c3ccccc3)c(B)c(B)c1n2-c1ccc(-c2ccccc2)cc1. The molecule has 0 aliphatic carbocycles. The highest BCUT2D eigenvalue weighted by atomic mass is 15.0. The van der Waals surface area contributed by atoms with Gasteiger partial charge in [0.25, 0.3) is 0 Å². The van der Waals surface area contributed by atoms with E-state index in [1.165, 1.54) is 132 Å². The molecule has 2 aromatic heterocycles. The van der Waals surface area contributed by atoms with E-state index in [4.69, 9.17) is 0 Å². The minimum Gasteiger partial charge on any atom is -0.310 e. The van der Waals surface area contributed by atoms with Crippen LogP contribution in [-0.2, 0) is 0 Å². The normalized spacial score (nSPS) is 11.6. The van der Waals surface area contributed by atoms with Gasteiger partial charge in [0.1, 0.15) is 54.9 Å². The lowest BCUT2D eigenvalue weighted by Gasteiger charge is -2.19. The Morgan fingerprint density at radius 3 is 1.38 bits per heavy atom. The smallest absolute Gasteiger partial charge is 0.141 e. The standard InChI is InChI=1S/C54H43B7N2/c55-45-42(46(56)50(60)53-43(45)44-47(57)48(58)49(59)51(61)54(44)63(53)37-26-23-33(24-27-37)31-13-6-2-7-14-31)35-25-28-41-40(29-35)39-18-10-17-38(52(39)62(41)36-15-8-3-9-16-36)34-21-19-32(20-22-34)30-11-4-1-5-12-30/h1-29H,55-61H2. The van der Waals surface area contributed by atoms with Gasteiger partial charge in [-0.3, -0.25) is 0 Å². The Kier molecular flexibility index (Phi) is 9.35. The molecule has 0 fully saturated rings. The van der Waals surface area contributed by atoms with Crippen LogP contribution < -0.4 is 38.2 Å². The molecule has 0 saturated heterocycles. The zero-order valence-electron chi connectivity index (χ0n) is 37.1. The van der Waals surface area contributed by atoms with Gasteiger partial charge >= 0.3 is 0 Å². The molecule has 0 aliphatic rings. The van der Waals surface area contributed by atoms with Crippen molar-refractivity contribution in [3.63, 3.8) is 0 Å². The Morgan fingerprint density at radius 1 is 0.286 bits per heavy atom. The van der Waals surface area contributed by atoms with Gasteiger partial charge in [-0.05, 0) is 80.7 Å². The lowest BCUT2D eigenvalue weighted by molar-refractivity contribution is 1.18. The number of aromatic nitrogens is 2. The van der Waals surface area contributed by atoms with Crippen LogP contribution in [0.5, 0.6) is 0 Å². The third-order valence-corrected chi connectivity index (χ3v) is 14.3. The fourth-order valence-electron chi connectivity index (χ4n) is 10.6. The fourth-order valence-corrected chi connectivity index (χ4v) is 10.6. The van der Waals surface area contributed by atoms with E-state index in [-0.39, 0.29) is 0 Å². The molecule has 0 bridgehead atoms. The second-order valence-corrected chi connectivity index (χ2v) is 17.5.